The highest BCUT2D eigenvalue weighted by Crippen LogP contribution is 2.23. The molecule has 0 saturated heterocycles. The number of hydrogen-bond donors (Lipinski definition) is 0. The Morgan fingerprint density at radius 3 is 2.47 bits per heavy atom. The van der Waals surface area contributed by atoms with Crippen molar-refractivity contribution in [3.8, 4) is 0 Å². The van der Waals surface area contributed by atoms with Crippen molar-refractivity contribution >= 4 is 31.3 Å². The van der Waals surface area contributed by atoms with E-state index in [1.807, 2.05) is 0 Å². The second-order valence-corrected chi connectivity index (χ2v) is 6.84. The average Bonchev–Trinajstić information content (AvgIpc) is 2.22. The molecule has 2 nitrogen and oxygen atoms in total. The van der Waals surface area contributed by atoms with Gasteiger partial charge < -0.3 is 0 Å². The normalized spacial score (nSPS) is 11.5. The molecule has 1 rings (SSSR count). The van der Waals surface area contributed by atoms with Crippen molar-refractivity contribution in [2.24, 2.45) is 4.36 Å². The van der Waals surface area contributed by atoms with Gasteiger partial charge in [0.15, 0.2) is 5.82 Å². The SMILES string of the molecule is CCS(=O)(CC)=Nc1ccc(Br)cc1F. The van der Waals surface area contributed by atoms with Crippen LogP contribution in [-0.2, 0) is 9.73 Å². The summed E-state index contributed by atoms with van der Waals surface area (Å²) in [4.78, 5) is 0. The number of benzene rings is 1. The summed E-state index contributed by atoms with van der Waals surface area (Å²) in [6.07, 6.45) is 0. The van der Waals surface area contributed by atoms with Gasteiger partial charge in [-0.05, 0) is 18.2 Å². The number of hydrogen-bond acceptors (Lipinski definition) is 2. The molecule has 0 atom stereocenters. The van der Waals surface area contributed by atoms with Gasteiger partial charge in [-0.2, -0.15) is 4.36 Å². The fourth-order valence-electron chi connectivity index (χ4n) is 1.07. The van der Waals surface area contributed by atoms with Crippen LogP contribution < -0.4 is 0 Å². The topological polar surface area (TPSA) is 29.4 Å². The smallest absolute Gasteiger partial charge is 0.150 e. The van der Waals surface area contributed by atoms with Crippen LogP contribution in [0, 0.1) is 5.82 Å². The Balaban J connectivity index is 3.24. The first-order valence-corrected chi connectivity index (χ1v) is 7.33. The van der Waals surface area contributed by atoms with Gasteiger partial charge in [-0.1, -0.05) is 29.8 Å². The zero-order valence-electron chi connectivity index (χ0n) is 8.67. The third-order valence-corrected chi connectivity index (χ3v) is 4.90. The predicted molar refractivity (Wildman–Crippen MR) is 65.4 cm³/mol. The van der Waals surface area contributed by atoms with Crippen molar-refractivity contribution in [2.45, 2.75) is 13.8 Å². The van der Waals surface area contributed by atoms with Crippen LogP contribution in [0.4, 0.5) is 10.1 Å². The molecule has 0 radical (unpaired) electrons. The second-order valence-electron chi connectivity index (χ2n) is 3.04. The van der Waals surface area contributed by atoms with Gasteiger partial charge in [-0.25, -0.2) is 8.60 Å². The van der Waals surface area contributed by atoms with Gasteiger partial charge in [0.1, 0.15) is 5.69 Å². The minimum absolute atomic E-state index is 0.173. The molecule has 0 bridgehead atoms. The summed E-state index contributed by atoms with van der Waals surface area (Å²) in [5.41, 5.74) is 0.173. The van der Waals surface area contributed by atoms with E-state index in [0.29, 0.717) is 16.0 Å². The monoisotopic (exact) mass is 293 g/mol. The van der Waals surface area contributed by atoms with Crippen molar-refractivity contribution in [3.63, 3.8) is 0 Å². The van der Waals surface area contributed by atoms with E-state index in [1.54, 1.807) is 19.9 Å². The Morgan fingerprint density at radius 2 is 2.00 bits per heavy atom. The standard InChI is InChI=1S/C10H13BrFNOS/c1-3-15(14,4-2)13-10-6-5-8(11)7-9(10)12/h5-7H,3-4H2,1-2H3. The summed E-state index contributed by atoms with van der Waals surface area (Å²) in [6.45, 7) is 3.60. The minimum atomic E-state index is -2.28. The molecule has 0 aliphatic rings. The van der Waals surface area contributed by atoms with Crippen molar-refractivity contribution in [1.29, 1.82) is 0 Å². The molecule has 0 saturated carbocycles. The Labute approximate surface area is 98.2 Å². The summed E-state index contributed by atoms with van der Waals surface area (Å²) in [5.74, 6) is 0.442. The molecular formula is C10H13BrFNOS. The van der Waals surface area contributed by atoms with E-state index in [9.17, 15) is 8.60 Å². The summed E-state index contributed by atoms with van der Waals surface area (Å²) in [5, 5.41) is 0. The van der Waals surface area contributed by atoms with Crippen LogP contribution in [0.15, 0.2) is 27.0 Å². The molecule has 0 spiro atoms. The van der Waals surface area contributed by atoms with Crippen molar-refractivity contribution in [1.82, 2.24) is 0 Å². The quantitative estimate of drug-likeness (QED) is 0.835. The third-order valence-electron chi connectivity index (χ3n) is 2.08. The van der Waals surface area contributed by atoms with Crippen molar-refractivity contribution < 1.29 is 8.60 Å². The lowest BCUT2D eigenvalue weighted by Gasteiger charge is -2.04. The molecule has 0 N–H and O–H groups in total. The number of nitrogens with zero attached hydrogens (tertiary/aromatic N) is 1. The van der Waals surface area contributed by atoms with Gasteiger partial charge in [-0.15, -0.1) is 0 Å². The first kappa shape index (κ1) is 12.6. The molecule has 0 aromatic heterocycles. The average molecular weight is 294 g/mol. The van der Waals surface area contributed by atoms with Gasteiger partial charge in [0, 0.05) is 16.0 Å². The maximum Gasteiger partial charge on any atom is 0.150 e. The van der Waals surface area contributed by atoms with Crippen molar-refractivity contribution in [3.05, 3.63) is 28.5 Å². The zero-order chi connectivity index (χ0) is 11.5. The molecule has 0 aliphatic carbocycles. The highest BCUT2D eigenvalue weighted by molar-refractivity contribution is 9.10. The maximum absolute atomic E-state index is 13.4. The molecule has 15 heavy (non-hydrogen) atoms. The first-order chi connectivity index (χ1) is 7.00. The van der Waals surface area contributed by atoms with E-state index in [1.165, 1.54) is 12.1 Å². The van der Waals surface area contributed by atoms with E-state index in [0.717, 1.165) is 0 Å². The van der Waals surface area contributed by atoms with Crippen LogP contribution in [-0.4, -0.2) is 15.7 Å². The first-order valence-electron chi connectivity index (χ1n) is 4.68. The highest BCUT2D eigenvalue weighted by Gasteiger charge is 2.06. The van der Waals surface area contributed by atoms with Gasteiger partial charge in [-0.3, -0.25) is 0 Å². The summed E-state index contributed by atoms with van der Waals surface area (Å²) in [6, 6.07) is 4.54. The van der Waals surface area contributed by atoms with Crippen LogP contribution in [0.5, 0.6) is 0 Å². The van der Waals surface area contributed by atoms with E-state index in [4.69, 9.17) is 0 Å². The molecule has 0 amide bonds. The van der Waals surface area contributed by atoms with Crippen LogP contribution in [0.2, 0.25) is 0 Å². The van der Waals surface area contributed by atoms with Crippen LogP contribution >= 0.6 is 15.9 Å². The Kier molecular flexibility index (Phi) is 4.28. The Hall–Kier alpha value is -0.420. The predicted octanol–water partition coefficient (Wildman–Crippen LogP) is 3.73. The lowest BCUT2D eigenvalue weighted by Crippen LogP contribution is -2.05. The van der Waals surface area contributed by atoms with Crippen LogP contribution in [0.25, 0.3) is 0 Å². The number of halogens is 2. The lowest BCUT2D eigenvalue weighted by molar-refractivity contribution is 0.628. The van der Waals surface area contributed by atoms with Crippen LogP contribution in [0.1, 0.15) is 13.8 Å². The Morgan fingerprint density at radius 1 is 1.40 bits per heavy atom. The molecule has 0 unspecified atom stereocenters. The van der Waals surface area contributed by atoms with Gasteiger partial charge >= 0.3 is 0 Å². The van der Waals surface area contributed by atoms with Gasteiger partial charge in [0.05, 0.1) is 9.73 Å². The van der Waals surface area contributed by atoms with E-state index in [2.05, 4.69) is 20.3 Å². The van der Waals surface area contributed by atoms with E-state index < -0.39 is 15.5 Å². The van der Waals surface area contributed by atoms with E-state index >= 15 is 0 Å². The van der Waals surface area contributed by atoms with Gasteiger partial charge in [0.2, 0.25) is 0 Å². The molecule has 5 heteroatoms. The van der Waals surface area contributed by atoms with Crippen LogP contribution in [0.3, 0.4) is 0 Å². The molecular weight excluding hydrogens is 281 g/mol. The zero-order valence-corrected chi connectivity index (χ0v) is 11.1. The second kappa shape index (κ2) is 5.07. The molecule has 0 aliphatic heterocycles. The molecule has 1 aromatic rings. The Bertz CT molecular complexity index is 456. The van der Waals surface area contributed by atoms with Gasteiger partial charge in [0.25, 0.3) is 0 Å². The summed E-state index contributed by atoms with van der Waals surface area (Å²) in [7, 11) is -2.28. The van der Waals surface area contributed by atoms with E-state index in [-0.39, 0.29) is 5.69 Å². The number of rotatable bonds is 3. The molecule has 0 fully saturated rings. The summed E-state index contributed by atoms with van der Waals surface area (Å²) < 4.78 is 30.0. The fourth-order valence-corrected chi connectivity index (χ4v) is 2.57. The third kappa shape index (κ3) is 3.28. The highest BCUT2D eigenvalue weighted by atomic mass is 79.9. The van der Waals surface area contributed by atoms with Crippen molar-refractivity contribution in [2.75, 3.05) is 11.5 Å². The fraction of sp³-hybridized carbons (Fsp3) is 0.400. The molecule has 0 heterocycles. The molecule has 1 aromatic carbocycles. The maximum atomic E-state index is 13.4. The molecule has 84 valence electrons. The lowest BCUT2D eigenvalue weighted by atomic mass is 10.3. The minimum Gasteiger partial charge on any atom is -0.249 e. The summed E-state index contributed by atoms with van der Waals surface area (Å²) >= 11 is 3.16. The largest absolute Gasteiger partial charge is 0.249 e.